The van der Waals surface area contributed by atoms with Crippen molar-refractivity contribution in [3.05, 3.63) is 47.8 Å². The first-order valence-corrected chi connectivity index (χ1v) is 6.81. The summed E-state index contributed by atoms with van der Waals surface area (Å²) in [6.07, 6.45) is 2.72. The maximum absolute atomic E-state index is 12.2. The molecular formula is C15H19F2N3O. The van der Waals surface area contributed by atoms with Crippen LogP contribution in [-0.2, 0) is 13.5 Å². The third-order valence-corrected chi connectivity index (χ3v) is 3.18. The van der Waals surface area contributed by atoms with E-state index in [9.17, 15) is 8.78 Å². The molecule has 0 radical (unpaired) electrons. The Morgan fingerprint density at radius 1 is 1.33 bits per heavy atom. The van der Waals surface area contributed by atoms with Crippen molar-refractivity contribution >= 4 is 0 Å². The zero-order valence-electron chi connectivity index (χ0n) is 12.1. The van der Waals surface area contributed by atoms with Gasteiger partial charge in [-0.05, 0) is 30.7 Å². The summed E-state index contributed by atoms with van der Waals surface area (Å²) >= 11 is 0. The molecular weight excluding hydrogens is 276 g/mol. The Morgan fingerprint density at radius 2 is 2.14 bits per heavy atom. The van der Waals surface area contributed by atoms with Crippen molar-refractivity contribution in [1.82, 2.24) is 15.1 Å². The fourth-order valence-corrected chi connectivity index (χ4v) is 2.09. The van der Waals surface area contributed by atoms with Crippen LogP contribution < -0.4 is 10.1 Å². The predicted molar refractivity (Wildman–Crippen MR) is 76.4 cm³/mol. The van der Waals surface area contributed by atoms with Crippen LogP contribution in [0.4, 0.5) is 8.78 Å². The molecule has 0 saturated heterocycles. The molecule has 0 aliphatic carbocycles. The molecule has 21 heavy (non-hydrogen) atoms. The number of benzene rings is 1. The van der Waals surface area contributed by atoms with Gasteiger partial charge in [0.25, 0.3) is 0 Å². The minimum absolute atomic E-state index is 0.0509. The van der Waals surface area contributed by atoms with Crippen LogP contribution in [0, 0.1) is 0 Å². The first-order valence-electron chi connectivity index (χ1n) is 6.81. The molecule has 6 heteroatoms. The zero-order chi connectivity index (χ0) is 15.2. The van der Waals surface area contributed by atoms with Gasteiger partial charge in [0.05, 0.1) is 5.69 Å². The number of aryl methyl sites for hydroxylation is 1. The van der Waals surface area contributed by atoms with E-state index in [0.29, 0.717) is 0 Å². The lowest BCUT2D eigenvalue weighted by molar-refractivity contribution is -0.0499. The van der Waals surface area contributed by atoms with Crippen molar-refractivity contribution in [2.45, 2.75) is 26.0 Å². The van der Waals surface area contributed by atoms with E-state index < -0.39 is 6.61 Å². The van der Waals surface area contributed by atoms with Gasteiger partial charge in [-0.15, -0.1) is 0 Å². The quantitative estimate of drug-likeness (QED) is 0.853. The molecule has 0 amide bonds. The van der Waals surface area contributed by atoms with E-state index in [2.05, 4.69) is 15.2 Å². The van der Waals surface area contributed by atoms with Gasteiger partial charge in [0, 0.05) is 32.3 Å². The third kappa shape index (κ3) is 4.82. The fraction of sp³-hybridized carbons (Fsp3) is 0.400. The number of nitrogens with zero attached hydrogens (tertiary/aromatic N) is 2. The van der Waals surface area contributed by atoms with E-state index in [1.165, 1.54) is 6.07 Å². The van der Waals surface area contributed by atoms with E-state index in [-0.39, 0.29) is 11.8 Å². The lowest BCUT2D eigenvalue weighted by Gasteiger charge is -2.15. The maximum atomic E-state index is 12.2. The number of hydrogen-bond donors (Lipinski definition) is 1. The Morgan fingerprint density at radius 3 is 2.81 bits per heavy atom. The van der Waals surface area contributed by atoms with Crippen LogP contribution in [-0.4, -0.2) is 22.9 Å². The SMILES string of the molecule is CC(NCCc1ccn(C)n1)c1cccc(OC(F)F)c1. The Labute approximate surface area is 122 Å². The molecule has 1 aromatic heterocycles. The monoisotopic (exact) mass is 295 g/mol. The summed E-state index contributed by atoms with van der Waals surface area (Å²) in [5.74, 6) is 0.181. The number of alkyl halides is 2. The number of hydrogen-bond acceptors (Lipinski definition) is 3. The van der Waals surface area contributed by atoms with Gasteiger partial charge in [0.15, 0.2) is 0 Å². The van der Waals surface area contributed by atoms with Crippen LogP contribution in [0.1, 0.15) is 24.2 Å². The van der Waals surface area contributed by atoms with Crippen LogP contribution in [0.5, 0.6) is 5.75 Å². The molecule has 0 spiro atoms. The smallest absolute Gasteiger partial charge is 0.387 e. The van der Waals surface area contributed by atoms with Crippen LogP contribution in [0.25, 0.3) is 0 Å². The van der Waals surface area contributed by atoms with E-state index in [0.717, 1.165) is 24.2 Å². The van der Waals surface area contributed by atoms with Gasteiger partial charge in [0.1, 0.15) is 5.75 Å². The summed E-state index contributed by atoms with van der Waals surface area (Å²) in [5, 5.41) is 7.65. The molecule has 114 valence electrons. The molecule has 0 aliphatic heterocycles. The summed E-state index contributed by atoms with van der Waals surface area (Å²) in [7, 11) is 1.88. The number of nitrogens with one attached hydrogen (secondary N) is 1. The normalized spacial score (nSPS) is 12.6. The first kappa shape index (κ1) is 15.4. The second-order valence-corrected chi connectivity index (χ2v) is 4.86. The number of rotatable bonds is 7. The van der Waals surface area contributed by atoms with Crippen molar-refractivity contribution in [3.8, 4) is 5.75 Å². The van der Waals surface area contributed by atoms with Gasteiger partial charge in [-0.2, -0.15) is 13.9 Å². The lowest BCUT2D eigenvalue weighted by Crippen LogP contribution is -2.21. The minimum atomic E-state index is -2.80. The average Bonchev–Trinajstić information content (AvgIpc) is 2.84. The molecule has 0 fully saturated rings. The predicted octanol–water partition coefficient (Wildman–Crippen LogP) is 2.91. The van der Waals surface area contributed by atoms with E-state index in [1.54, 1.807) is 16.8 Å². The fourth-order valence-electron chi connectivity index (χ4n) is 2.09. The standard InChI is InChI=1S/C15H19F2N3O/c1-11(18-8-6-13-7-9-20(2)19-13)12-4-3-5-14(10-12)21-15(16)17/h3-5,7,9-11,15,18H,6,8H2,1-2H3. The van der Waals surface area contributed by atoms with Gasteiger partial charge in [-0.1, -0.05) is 12.1 Å². The number of aromatic nitrogens is 2. The average molecular weight is 295 g/mol. The summed E-state index contributed by atoms with van der Waals surface area (Å²) in [6.45, 7) is -0.0504. The highest BCUT2D eigenvalue weighted by molar-refractivity contribution is 5.30. The molecule has 1 aromatic carbocycles. The molecule has 0 aliphatic rings. The maximum Gasteiger partial charge on any atom is 0.387 e. The molecule has 1 N–H and O–H groups in total. The van der Waals surface area contributed by atoms with Gasteiger partial charge in [-0.25, -0.2) is 0 Å². The Bertz CT molecular complexity index is 572. The molecule has 2 rings (SSSR count). The van der Waals surface area contributed by atoms with Gasteiger partial charge < -0.3 is 10.1 Å². The van der Waals surface area contributed by atoms with Crippen molar-refractivity contribution in [2.75, 3.05) is 6.54 Å². The summed E-state index contributed by atoms with van der Waals surface area (Å²) in [6, 6.07) is 8.78. The number of ether oxygens (including phenoxy) is 1. The van der Waals surface area contributed by atoms with E-state index in [1.807, 2.05) is 32.3 Å². The largest absolute Gasteiger partial charge is 0.435 e. The second-order valence-electron chi connectivity index (χ2n) is 4.86. The van der Waals surface area contributed by atoms with E-state index in [4.69, 9.17) is 0 Å². The molecule has 0 bridgehead atoms. The van der Waals surface area contributed by atoms with Gasteiger partial charge in [0.2, 0.25) is 0 Å². The second kappa shape index (κ2) is 7.17. The van der Waals surface area contributed by atoms with Crippen LogP contribution in [0.3, 0.4) is 0 Å². The van der Waals surface area contributed by atoms with Crippen LogP contribution in [0.2, 0.25) is 0 Å². The molecule has 1 heterocycles. The summed E-state index contributed by atoms with van der Waals surface area (Å²) in [5.41, 5.74) is 1.93. The minimum Gasteiger partial charge on any atom is -0.435 e. The first-order chi connectivity index (χ1) is 10.0. The third-order valence-electron chi connectivity index (χ3n) is 3.18. The van der Waals surface area contributed by atoms with Crippen LogP contribution >= 0.6 is 0 Å². The molecule has 1 unspecified atom stereocenters. The summed E-state index contributed by atoms with van der Waals surface area (Å²) in [4.78, 5) is 0. The van der Waals surface area contributed by atoms with Crippen molar-refractivity contribution in [3.63, 3.8) is 0 Å². The molecule has 2 aromatic rings. The topological polar surface area (TPSA) is 39.1 Å². The van der Waals surface area contributed by atoms with Crippen LogP contribution in [0.15, 0.2) is 36.5 Å². The zero-order valence-corrected chi connectivity index (χ0v) is 12.1. The Kier molecular flexibility index (Phi) is 5.27. The lowest BCUT2D eigenvalue weighted by atomic mass is 10.1. The molecule has 1 atom stereocenters. The van der Waals surface area contributed by atoms with Gasteiger partial charge >= 0.3 is 6.61 Å². The van der Waals surface area contributed by atoms with Crippen molar-refractivity contribution < 1.29 is 13.5 Å². The number of halogens is 2. The highest BCUT2D eigenvalue weighted by Gasteiger charge is 2.09. The molecule has 4 nitrogen and oxygen atoms in total. The Hall–Kier alpha value is -1.95. The Balaban J connectivity index is 1.86. The highest BCUT2D eigenvalue weighted by Crippen LogP contribution is 2.20. The highest BCUT2D eigenvalue weighted by atomic mass is 19.3. The summed E-state index contributed by atoms with van der Waals surface area (Å²) < 4.78 is 30.6. The molecule has 0 saturated carbocycles. The van der Waals surface area contributed by atoms with E-state index >= 15 is 0 Å². The van der Waals surface area contributed by atoms with Crippen molar-refractivity contribution in [1.29, 1.82) is 0 Å². The van der Waals surface area contributed by atoms with Gasteiger partial charge in [-0.3, -0.25) is 4.68 Å². The van der Waals surface area contributed by atoms with Crippen molar-refractivity contribution in [2.24, 2.45) is 7.05 Å².